The number of thiocarbonyl (C=S) groups is 2. The van der Waals surface area contributed by atoms with Gasteiger partial charge in [0, 0.05) is 11.8 Å². The number of hydrogen-bond donors (Lipinski definition) is 3. The lowest BCUT2D eigenvalue weighted by Gasteiger charge is -2.37. The fourth-order valence-electron chi connectivity index (χ4n) is 9.45. The van der Waals surface area contributed by atoms with Gasteiger partial charge in [0.1, 0.15) is 21.1 Å². The zero-order valence-electron chi connectivity index (χ0n) is 41.8. The molecule has 0 aliphatic rings. The van der Waals surface area contributed by atoms with Gasteiger partial charge in [0.15, 0.2) is 5.11 Å². The van der Waals surface area contributed by atoms with Crippen LogP contribution in [0.5, 0.6) is 0 Å². The first-order chi connectivity index (χ1) is 37.3. The predicted octanol–water partition coefficient (Wildman–Crippen LogP) is 13.6. The van der Waals surface area contributed by atoms with Crippen molar-refractivity contribution < 1.29 is 0 Å². The summed E-state index contributed by atoms with van der Waals surface area (Å²) in [5, 5.41) is 24.6. The van der Waals surface area contributed by atoms with Gasteiger partial charge in [-0.3, -0.25) is 10.4 Å². The third-order valence-electron chi connectivity index (χ3n) is 13.0. The smallest absolute Gasteiger partial charge is 0.188 e. The lowest BCUT2D eigenvalue weighted by atomic mass is 9.77. The molecule has 2 heterocycles. The number of nitrogens with zero attached hydrogens (tertiary/aromatic N) is 6. The zero-order chi connectivity index (χ0) is 52.2. The fourth-order valence-corrected chi connectivity index (χ4v) is 12.5. The van der Waals surface area contributed by atoms with Crippen LogP contribution in [0.15, 0.2) is 263 Å². The Balaban J connectivity index is 0.959. The molecule has 3 N–H and O–H groups in total. The van der Waals surface area contributed by atoms with Gasteiger partial charge in [-0.2, -0.15) is 15.3 Å². The second kappa shape index (κ2) is 24.0. The number of hydrazone groups is 1. The van der Waals surface area contributed by atoms with Crippen LogP contribution in [0.3, 0.4) is 0 Å². The van der Waals surface area contributed by atoms with Crippen molar-refractivity contribution in [1.82, 2.24) is 35.6 Å². The summed E-state index contributed by atoms with van der Waals surface area (Å²) in [5.41, 5.74) is 13.0. The Bertz CT molecular complexity index is 3140. The van der Waals surface area contributed by atoms with Crippen molar-refractivity contribution in [3.63, 3.8) is 0 Å². The second-order valence-corrected chi connectivity index (χ2v) is 20.8. The van der Waals surface area contributed by atoms with E-state index in [1.165, 1.54) is 0 Å². The van der Waals surface area contributed by atoms with Gasteiger partial charge in [-0.25, -0.2) is 9.36 Å². The summed E-state index contributed by atoms with van der Waals surface area (Å²) < 4.78 is 3.94. The van der Waals surface area contributed by atoms with Gasteiger partial charge in [-0.15, -0.1) is 0 Å². The highest BCUT2D eigenvalue weighted by Gasteiger charge is 2.38. The maximum atomic E-state index is 6.21. The lowest BCUT2D eigenvalue weighted by molar-refractivity contribution is 0.568. The summed E-state index contributed by atoms with van der Waals surface area (Å²) >= 11 is 12.3. The van der Waals surface area contributed by atoms with Crippen LogP contribution in [-0.4, -0.2) is 48.6 Å². The number of hydrogen-bond acceptors (Lipinski definition) is 8. The molecule has 0 saturated heterocycles. The van der Waals surface area contributed by atoms with Gasteiger partial charge in [-0.1, -0.05) is 231 Å². The molecule has 0 atom stereocenters. The van der Waals surface area contributed by atoms with E-state index in [4.69, 9.17) is 44.7 Å². The molecule has 0 amide bonds. The molecule has 10 aromatic rings. The maximum absolute atomic E-state index is 6.21. The normalized spacial score (nSPS) is 11.7. The lowest BCUT2D eigenvalue weighted by Crippen LogP contribution is -2.50. The second-order valence-electron chi connectivity index (χ2n) is 17.8. The van der Waals surface area contributed by atoms with E-state index >= 15 is 0 Å². The molecule has 374 valence electrons. The van der Waals surface area contributed by atoms with E-state index in [-0.39, 0.29) is 6.54 Å². The van der Waals surface area contributed by atoms with Gasteiger partial charge in [0.25, 0.3) is 0 Å². The molecule has 9 nitrogen and oxygen atoms in total. The van der Waals surface area contributed by atoms with Crippen LogP contribution in [0, 0.1) is 13.8 Å². The Morgan fingerprint density at radius 2 is 0.750 bits per heavy atom. The van der Waals surface area contributed by atoms with E-state index < -0.39 is 11.1 Å². The Morgan fingerprint density at radius 1 is 0.447 bits per heavy atom. The molecular weight excluding hydrogens is 1010 g/mol. The van der Waals surface area contributed by atoms with Crippen molar-refractivity contribution in [1.29, 1.82) is 0 Å². The van der Waals surface area contributed by atoms with Crippen molar-refractivity contribution in [2.24, 2.45) is 10.1 Å². The highest BCUT2D eigenvalue weighted by Crippen LogP contribution is 2.44. The Labute approximate surface area is 462 Å². The summed E-state index contributed by atoms with van der Waals surface area (Å²) in [6, 6.07) is 82.6. The first-order valence-electron chi connectivity index (χ1n) is 24.7. The standard InChI is InChI=1S/C63H53N9S4/c1-46-56(43-64-45-58(73)66-62(48-27-11-3-12-28-48,49-29-13-4-14-30-49)50-31-15-5-16-32-50)59(71(69-46)54-39-23-9-24-40-54)75-76-60-57(47(2)70-72(60)55-41-25-10-26-42-55)44-65-68-61(74)67-63(51-33-17-6-18-34-51,52-35-19-7-20-36-52)53-37-21-8-22-38-53/h3-44H,45H2,1-2H3,(H,66,73)(H2,67,68,74)/b64-43?,65-44+. The van der Waals surface area contributed by atoms with Crippen LogP contribution in [0.4, 0.5) is 0 Å². The number of benzene rings is 8. The van der Waals surface area contributed by atoms with Gasteiger partial charge < -0.3 is 10.6 Å². The van der Waals surface area contributed by atoms with Gasteiger partial charge in [0.05, 0.1) is 46.1 Å². The number of aryl methyl sites for hydroxylation is 2. The van der Waals surface area contributed by atoms with Crippen LogP contribution in [0.2, 0.25) is 0 Å². The summed E-state index contributed by atoms with van der Waals surface area (Å²) in [6.45, 7) is 4.25. The number of rotatable bonds is 18. The third kappa shape index (κ3) is 11.0. The minimum Gasteiger partial charge on any atom is -0.361 e. The van der Waals surface area contributed by atoms with E-state index in [1.54, 1.807) is 27.8 Å². The molecule has 0 bridgehead atoms. The largest absolute Gasteiger partial charge is 0.361 e. The highest BCUT2D eigenvalue weighted by atomic mass is 33.1. The molecule has 0 unspecified atom stereocenters. The molecular formula is C63H53N9S4. The van der Waals surface area contributed by atoms with E-state index in [9.17, 15) is 0 Å². The average Bonchev–Trinajstić information content (AvgIpc) is 4.02. The topological polar surface area (TPSA) is 96.5 Å². The minimum absolute atomic E-state index is 0.240. The van der Waals surface area contributed by atoms with E-state index in [1.807, 2.05) is 151 Å². The van der Waals surface area contributed by atoms with Crippen LogP contribution in [0.1, 0.15) is 55.9 Å². The monoisotopic (exact) mass is 1060 g/mol. The first-order valence-corrected chi connectivity index (χ1v) is 27.7. The zero-order valence-corrected chi connectivity index (χ0v) is 45.0. The highest BCUT2D eigenvalue weighted by molar-refractivity contribution is 8.76. The molecule has 0 aliphatic carbocycles. The molecule has 8 aromatic carbocycles. The minimum atomic E-state index is -0.825. The van der Waals surface area contributed by atoms with Gasteiger partial charge in [-0.05, 0) is 105 Å². The van der Waals surface area contributed by atoms with Crippen molar-refractivity contribution >= 4 is 68.6 Å². The molecule has 0 radical (unpaired) electrons. The molecule has 0 spiro atoms. The van der Waals surface area contributed by atoms with E-state index in [0.717, 1.165) is 77.3 Å². The molecule has 0 aliphatic heterocycles. The summed E-state index contributed by atoms with van der Waals surface area (Å²) in [4.78, 5) is 5.64. The predicted molar refractivity (Wildman–Crippen MR) is 321 cm³/mol. The first kappa shape index (κ1) is 51.3. The van der Waals surface area contributed by atoms with Crippen LogP contribution in [-0.2, 0) is 11.1 Å². The van der Waals surface area contributed by atoms with Crippen molar-refractivity contribution in [2.75, 3.05) is 6.54 Å². The molecule has 10 rings (SSSR count). The molecule has 13 heteroatoms. The number of aliphatic imine (C=N–C) groups is 1. The quantitative estimate of drug-likeness (QED) is 0.0255. The third-order valence-corrected chi connectivity index (χ3v) is 15.8. The molecule has 0 fully saturated rings. The Morgan fingerprint density at radius 3 is 1.09 bits per heavy atom. The fraction of sp³-hybridized carbons (Fsp3) is 0.0794. The van der Waals surface area contributed by atoms with Crippen molar-refractivity contribution in [2.45, 2.75) is 35.0 Å². The van der Waals surface area contributed by atoms with Crippen LogP contribution < -0.4 is 16.1 Å². The SMILES string of the molecule is Cc1nn(-c2ccccc2)c(SSc2c(/C=N/NC(=S)NC(c3ccccc3)(c3ccccc3)c3ccccc3)c(C)nn2-c2ccccc2)c1C=NCC(=S)NC(c1ccccc1)(c1ccccc1)c1ccccc1. The Kier molecular flexibility index (Phi) is 16.2. The van der Waals surface area contributed by atoms with Crippen molar-refractivity contribution in [3.05, 3.63) is 299 Å². The van der Waals surface area contributed by atoms with E-state index in [2.05, 4.69) is 137 Å². The van der Waals surface area contributed by atoms with Crippen LogP contribution in [0.25, 0.3) is 11.4 Å². The number of para-hydroxylation sites is 2. The van der Waals surface area contributed by atoms with E-state index in [0.29, 0.717) is 10.1 Å². The molecule has 0 saturated carbocycles. The average molecular weight is 1060 g/mol. The van der Waals surface area contributed by atoms with Gasteiger partial charge >= 0.3 is 0 Å². The molecule has 2 aromatic heterocycles. The Hall–Kier alpha value is -8.20. The number of nitrogens with one attached hydrogen (secondary N) is 3. The van der Waals surface area contributed by atoms with Crippen molar-refractivity contribution in [3.8, 4) is 11.4 Å². The number of aromatic nitrogens is 4. The summed E-state index contributed by atoms with van der Waals surface area (Å²) in [7, 11) is 3.15. The van der Waals surface area contributed by atoms with Crippen LogP contribution >= 0.6 is 46.0 Å². The van der Waals surface area contributed by atoms with Gasteiger partial charge in [0.2, 0.25) is 0 Å². The summed E-state index contributed by atoms with van der Waals surface area (Å²) in [6.07, 6.45) is 3.69. The summed E-state index contributed by atoms with van der Waals surface area (Å²) in [5.74, 6) is 0. The molecule has 76 heavy (non-hydrogen) atoms. The maximum Gasteiger partial charge on any atom is 0.188 e.